The molecular formula is C16H20ClN5O. The Morgan fingerprint density at radius 1 is 1.35 bits per heavy atom. The second-order valence-corrected chi connectivity index (χ2v) is 5.97. The minimum absolute atomic E-state index is 0.0319. The number of carbonyl (C=O) groups excluding carboxylic acids is 1. The Bertz CT molecular complexity index is 694. The van der Waals surface area contributed by atoms with E-state index in [-0.39, 0.29) is 5.91 Å². The van der Waals surface area contributed by atoms with E-state index in [1.54, 1.807) is 18.5 Å². The van der Waals surface area contributed by atoms with Crippen LogP contribution in [0.3, 0.4) is 0 Å². The van der Waals surface area contributed by atoms with Crippen LogP contribution in [-0.4, -0.2) is 38.7 Å². The van der Waals surface area contributed by atoms with Crippen LogP contribution in [0.2, 0.25) is 5.02 Å². The molecule has 1 fully saturated rings. The molecule has 0 radical (unpaired) electrons. The number of benzene rings is 1. The van der Waals surface area contributed by atoms with Crippen molar-refractivity contribution in [1.29, 1.82) is 0 Å². The SMILES string of the molecule is CCn1ncnc1CNc1ccc(Cl)cc1C(=O)N1CCCC1. The molecule has 3 rings (SSSR count). The Morgan fingerprint density at radius 3 is 2.87 bits per heavy atom. The van der Waals surface area contributed by atoms with Crippen LogP contribution in [0.1, 0.15) is 35.9 Å². The number of nitrogens with zero attached hydrogens (tertiary/aromatic N) is 4. The molecule has 2 heterocycles. The summed E-state index contributed by atoms with van der Waals surface area (Å²) in [6.07, 6.45) is 3.67. The number of anilines is 1. The molecule has 23 heavy (non-hydrogen) atoms. The van der Waals surface area contributed by atoms with Crippen molar-refractivity contribution in [1.82, 2.24) is 19.7 Å². The first-order valence-corrected chi connectivity index (χ1v) is 8.26. The smallest absolute Gasteiger partial charge is 0.256 e. The summed E-state index contributed by atoms with van der Waals surface area (Å²) in [5.41, 5.74) is 1.39. The van der Waals surface area contributed by atoms with Gasteiger partial charge in [-0.3, -0.25) is 4.79 Å². The van der Waals surface area contributed by atoms with Gasteiger partial charge in [0.25, 0.3) is 5.91 Å². The van der Waals surface area contributed by atoms with Crippen molar-refractivity contribution in [2.75, 3.05) is 18.4 Å². The molecule has 0 atom stereocenters. The summed E-state index contributed by atoms with van der Waals surface area (Å²) in [5, 5.41) is 8.01. The van der Waals surface area contributed by atoms with Crippen LogP contribution in [0, 0.1) is 0 Å². The van der Waals surface area contributed by atoms with E-state index in [0.29, 0.717) is 17.1 Å². The van der Waals surface area contributed by atoms with Gasteiger partial charge in [0, 0.05) is 30.3 Å². The summed E-state index contributed by atoms with van der Waals surface area (Å²) < 4.78 is 1.82. The highest BCUT2D eigenvalue weighted by atomic mass is 35.5. The van der Waals surface area contributed by atoms with Gasteiger partial charge in [0.05, 0.1) is 12.1 Å². The largest absolute Gasteiger partial charge is 0.377 e. The predicted molar refractivity (Wildman–Crippen MR) is 89.6 cm³/mol. The highest BCUT2D eigenvalue weighted by Crippen LogP contribution is 2.24. The number of amides is 1. The molecule has 0 saturated carbocycles. The maximum atomic E-state index is 12.7. The fourth-order valence-electron chi connectivity index (χ4n) is 2.80. The first kappa shape index (κ1) is 15.8. The monoisotopic (exact) mass is 333 g/mol. The van der Waals surface area contributed by atoms with Gasteiger partial charge in [-0.1, -0.05) is 11.6 Å². The van der Waals surface area contributed by atoms with Crippen LogP contribution in [0.5, 0.6) is 0 Å². The molecule has 0 aliphatic carbocycles. The van der Waals surface area contributed by atoms with Crippen LogP contribution >= 0.6 is 11.6 Å². The number of rotatable bonds is 5. The third kappa shape index (κ3) is 3.47. The second-order valence-electron chi connectivity index (χ2n) is 5.53. The zero-order valence-electron chi connectivity index (χ0n) is 13.1. The van der Waals surface area contributed by atoms with Gasteiger partial charge in [-0.05, 0) is 38.0 Å². The molecule has 1 aromatic carbocycles. The van der Waals surface area contributed by atoms with Crippen LogP contribution in [0.25, 0.3) is 0 Å². The molecule has 7 heteroatoms. The minimum atomic E-state index is 0.0319. The molecule has 0 bridgehead atoms. The quantitative estimate of drug-likeness (QED) is 0.914. The second kappa shape index (κ2) is 7.00. The number of aromatic nitrogens is 3. The standard InChI is InChI=1S/C16H20ClN5O/c1-2-22-15(19-11-20-22)10-18-14-6-5-12(17)9-13(14)16(23)21-7-3-4-8-21/h5-6,9,11,18H,2-4,7-8,10H2,1H3. The van der Waals surface area contributed by atoms with Gasteiger partial charge in [0.2, 0.25) is 0 Å². The molecule has 0 spiro atoms. The highest BCUT2D eigenvalue weighted by molar-refractivity contribution is 6.31. The van der Waals surface area contributed by atoms with Crippen LogP contribution in [-0.2, 0) is 13.1 Å². The van der Waals surface area contributed by atoms with E-state index in [1.165, 1.54) is 0 Å². The van der Waals surface area contributed by atoms with Gasteiger partial charge in [0.15, 0.2) is 0 Å². The molecule has 1 aliphatic rings. The number of carbonyl (C=O) groups is 1. The Balaban J connectivity index is 1.80. The summed E-state index contributed by atoms with van der Waals surface area (Å²) in [6.45, 7) is 4.92. The van der Waals surface area contributed by atoms with E-state index in [2.05, 4.69) is 15.4 Å². The molecule has 1 amide bonds. The van der Waals surface area contributed by atoms with Crippen LogP contribution < -0.4 is 5.32 Å². The fraction of sp³-hybridized carbons (Fsp3) is 0.438. The number of aryl methyl sites for hydroxylation is 1. The van der Waals surface area contributed by atoms with E-state index in [1.807, 2.05) is 22.6 Å². The van der Waals surface area contributed by atoms with Gasteiger partial charge in [-0.25, -0.2) is 9.67 Å². The molecule has 6 nitrogen and oxygen atoms in total. The van der Waals surface area contributed by atoms with E-state index in [9.17, 15) is 4.79 Å². The summed E-state index contributed by atoms with van der Waals surface area (Å²) in [6, 6.07) is 5.36. The number of likely N-dealkylation sites (tertiary alicyclic amines) is 1. The molecular weight excluding hydrogens is 314 g/mol. The molecule has 1 N–H and O–H groups in total. The average Bonchev–Trinajstić information content (AvgIpc) is 3.24. The molecule has 2 aromatic rings. The maximum absolute atomic E-state index is 12.7. The highest BCUT2D eigenvalue weighted by Gasteiger charge is 2.22. The summed E-state index contributed by atoms with van der Waals surface area (Å²) >= 11 is 6.09. The zero-order valence-corrected chi connectivity index (χ0v) is 13.9. The van der Waals surface area contributed by atoms with Gasteiger partial charge in [-0.15, -0.1) is 0 Å². The van der Waals surface area contributed by atoms with Gasteiger partial charge in [0.1, 0.15) is 12.2 Å². The van der Waals surface area contributed by atoms with E-state index in [0.717, 1.165) is 44.0 Å². The lowest BCUT2D eigenvalue weighted by atomic mass is 10.1. The number of hydrogen-bond acceptors (Lipinski definition) is 4. The van der Waals surface area contributed by atoms with Crippen LogP contribution in [0.15, 0.2) is 24.5 Å². The molecule has 1 saturated heterocycles. The number of halogens is 1. The van der Waals surface area contributed by atoms with E-state index >= 15 is 0 Å². The third-order valence-electron chi connectivity index (χ3n) is 4.04. The maximum Gasteiger partial charge on any atom is 0.256 e. The lowest BCUT2D eigenvalue weighted by Crippen LogP contribution is -2.28. The van der Waals surface area contributed by atoms with Gasteiger partial charge < -0.3 is 10.2 Å². The van der Waals surface area contributed by atoms with E-state index < -0.39 is 0 Å². The lowest BCUT2D eigenvalue weighted by molar-refractivity contribution is 0.0793. The van der Waals surface area contributed by atoms with Crippen molar-refractivity contribution in [2.45, 2.75) is 32.9 Å². The van der Waals surface area contributed by atoms with Crippen molar-refractivity contribution in [3.63, 3.8) is 0 Å². The third-order valence-corrected chi connectivity index (χ3v) is 4.27. The zero-order chi connectivity index (χ0) is 16.2. The lowest BCUT2D eigenvalue weighted by Gasteiger charge is -2.18. The number of nitrogens with one attached hydrogen (secondary N) is 1. The Labute approximate surface area is 140 Å². The van der Waals surface area contributed by atoms with Crippen molar-refractivity contribution >= 4 is 23.2 Å². The average molecular weight is 334 g/mol. The topological polar surface area (TPSA) is 63.1 Å². The van der Waals surface area contributed by atoms with Gasteiger partial charge in [-0.2, -0.15) is 5.10 Å². The molecule has 0 unspecified atom stereocenters. The molecule has 1 aliphatic heterocycles. The summed E-state index contributed by atoms with van der Waals surface area (Å²) in [4.78, 5) is 18.8. The Hall–Kier alpha value is -2.08. The van der Waals surface area contributed by atoms with Crippen LogP contribution in [0.4, 0.5) is 5.69 Å². The number of hydrogen-bond donors (Lipinski definition) is 1. The first-order chi connectivity index (χ1) is 11.2. The fourth-order valence-corrected chi connectivity index (χ4v) is 2.97. The van der Waals surface area contributed by atoms with Crippen molar-refractivity contribution in [3.05, 3.63) is 40.9 Å². The van der Waals surface area contributed by atoms with Gasteiger partial charge >= 0.3 is 0 Å². The first-order valence-electron chi connectivity index (χ1n) is 7.88. The van der Waals surface area contributed by atoms with Crippen molar-refractivity contribution in [2.24, 2.45) is 0 Å². The minimum Gasteiger partial charge on any atom is -0.377 e. The molecule has 122 valence electrons. The van der Waals surface area contributed by atoms with Crippen molar-refractivity contribution in [3.8, 4) is 0 Å². The normalized spacial score (nSPS) is 14.3. The molecule has 1 aromatic heterocycles. The summed E-state index contributed by atoms with van der Waals surface area (Å²) in [7, 11) is 0. The van der Waals surface area contributed by atoms with E-state index in [4.69, 9.17) is 11.6 Å². The predicted octanol–water partition coefficient (Wildman–Crippen LogP) is 2.80. The Morgan fingerprint density at radius 2 is 2.13 bits per heavy atom. The summed E-state index contributed by atoms with van der Waals surface area (Å²) in [5.74, 6) is 0.867. The van der Waals surface area contributed by atoms with Crippen molar-refractivity contribution < 1.29 is 4.79 Å². The Kier molecular flexibility index (Phi) is 4.81.